The lowest BCUT2D eigenvalue weighted by molar-refractivity contribution is -0.128. The topological polar surface area (TPSA) is 49.3 Å². The maximum Gasteiger partial charge on any atom is 0.287 e. The summed E-state index contributed by atoms with van der Waals surface area (Å²) >= 11 is 0. The number of alkyl halides is 2. The minimum Gasteiger partial charge on any atom is -0.390 e. The van der Waals surface area contributed by atoms with Gasteiger partial charge < -0.3 is 10.4 Å². The summed E-state index contributed by atoms with van der Waals surface area (Å²) in [5.74, 6) is -3.78. The van der Waals surface area contributed by atoms with E-state index in [0.717, 1.165) is 6.42 Å². The van der Waals surface area contributed by atoms with Gasteiger partial charge in [-0.1, -0.05) is 12.2 Å². The standard InChI is InChI=1S/C10H15F2NO2/c11-10(12,7-14)6-13-9(15)8-4-2-1-3-5-8/h1-2,8,14H,3-7H2,(H,13,15). The number of halogens is 2. The highest BCUT2D eigenvalue weighted by Gasteiger charge is 2.29. The molecule has 1 aliphatic carbocycles. The van der Waals surface area contributed by atoms with Gasteiger partial charge in [0.1, 0.15) is 6.61 Å². The van der Waals surface area contributed by atoms with Gasteiger partial charge in [-0.2, -0.15) is 0 Å². The maximum atomic E-state index is 12.6. The summed E-state index contributed by atoms with van der Waals surface area (Å²) in [7, 11) is 0. The summed E-state index contributed by atoms with van der Waals surface area (Å²) in [6.07, 6.45) is 5.99. The van der Waals surface area contributed by atoms with Crippen molar-refractivity contribution in [3.63, 3.8) is 0 Å². The van der Waals surface area contributed by atoms with E-state index in [1.165, 1.54) is 0 Å². The Morgan fingerprint density at radius 3 is 2.80 bits per heavy atom. The molecule has 86 valence electrons. The molecule has 0 aromatic rings. The molecule has 0 radical (unpaired) electrons. The van der Waals surface area contributed by atoms with Crippen LogP contribution in [-0.4, -0.2) is 30.1 Å². The van der Waals surface area contributed by atoms with Gasteiger partial charge in [0.15, 0.2) is 0 Å². The molecular formula is C10H15F2NO2. The molecule has 2 N–H and O–H groups in total. The van der Waals surface area contributed by atoms with E-state index in [1.807, 2.05) is 12.2 Å². The molecule has 0 spiro atoms. The quantitative estimate of drug-likeness (QED) is 0.695. The van der Waals surface area contributed by atoms with Crippen LogP contribution in [0.1, 0.15) is 19.3 Å². The summed E-state index contributed by atoms with van der Waals surface area (Å²) in [6, 6.07) is 0. The summed E-state index contributed by atoms with van der Waals surface area (Å²) in [4.78, 5) is 11.4. The first kappa shape index (κ1) is 12.1. The number of hydrogen-bond donors (Lipinski definition) is 2. The number of carbonyl (C=O) groups is 1. The summed E-state index contributed by atoms with van der Waals surface area (Å²) in [5.41, 5.74) is 0. The van der Waals surface area contributed by atoms with E-state index < -0.39 is 19.1 Å². The van der Waals surface area contributed by atoms with Crippen LogP contribution in [0.25, 0.3) is 0 Å². The average Bonchev–Trinajstić information content (AvgIpc) is 2.27. The highest BCUT2D eigenvalue weighted by Crippen LogP contribution is 2.18. The average molecular weight is 219 g/mol. The zero-order valence-corrected chi connectivity index (χ0v) is 8.38. The monoisotopic (exact) mass is 219 g/mol. The zero-order chi connectivity index (χ0) is 11.3. The zero-order valence-electron chi connectivity index (χ0n) is 8.38. The van der Waals surface area contributed by atoms with Gasteiger partial charge in [-0.3, -0.25) is 4.79 Å². The molecule has 0 saturated heterocycles. The van der Waals surface area contributed by atoms with Crippen molar-refractivity contribution in [2.45, 2.75) is 25.2 Å². The molecule has 1 amide bonds. The second-order valence-electron chi connectivity index (χ2n) is 3.71. The predicted octanol–water partition coefficient (Wildman–Crippen LogP) is 1.09. The van der Waals surface area contributed by atoms with Gasteiger partial charge in [0, 0.05) is 5.92 Å². The maximum absolute atomic E-state index is 12.6. The van der Waals surface area contributed by atoms with Gasteiger partial charge in [0.05, 0.1) is 6.54 Å². The fourth-order valence-electron chi connectivity index (χ4n) is 1.45. The first-order valence-electron chi connectivity index (χ1n) is 4.96. The van der Waals surface area contributed by atoms with E-state index in [0.29, 0.717) is 12.8 Å². The van der Waals surface area contributed by atoms with Crippen LogP contribution in [0, 0.1) is 5.92 Å². The van der Waals surface area contributed by atoms with E-state index in [2.05, 4.69) is 5.32 Å². The molecule has 0 heterocycles. The first-order valence-corrected chi connectivity index (χ1v) is 4.96. The Labute approximate surface area is 87.2 Å². The Morgan fingerprint density at radius 1 is 1.53 bits per heavy atom. The highest BCUT2D eigenvalue weighted by atomic mass is 19.3. The van der Waals surface area contributed by atoms with Crippen molar-refractivity contribution in [2.24, 2.45) is 5.92 Å². The summed E-state index contributed by atoms with van der Waals surface area (Å²) in [6.45, 7) is -2.03. The highest BCUT2D eigenvalue weighted by molar-refractivity contribution is 5.79. The van der Waals surface area contributed by atoms with Gasteiger partial charge in [-0.25, -0.2) is 8.78 Å². The minimum absolute atomic E-state index is 0.204. The van der Waals surface area contributed by atoms with Crippen molar-refractivity contribution in [3.05, 3.63) is 12.2 Å². The van der Waals surface area contributed by atoms with E-state index >= 15 is 0 Å². The first-order chi connectivity index (χ1) is 7.05. The molecule has 3 nitrogen and oxygen atoms in total. The molecule has 5 heteroatoms. The molecule has 0 fully saturated rings. The van der Waals surface area contributed by atoms with E-state index in [1.54, 1.807) is 0 Å². The SMILES string of the molecule is O=C(NCC(F)(F)CO)C1CC=CCC1. The van der Waals surface area contributed by atoms with Gasteiger partial charge in [-0.05, 0) is 19.3 Å². The number of rotatable bonds is 4. The van der Waals surface area contributed by atoms with Gasteiger partial charge in [0.25, 0.3) is 5.92 Å². The van der Waals surface area contributed by atoms with Crippen LogP contribution in [0.5, 0.6) is 0 Å². The number of nitrogens with one attached hydrogen (secondary N) is 1. The van der Waals surface area contributed by atoms with Crippen LogP contribution in [0.2, 0.25) is 0 Å². The number of hydrogen-bond acceptors (Lipinski definition) is 2. The third-order valence-electron chi connectivity index (χ3n) is 2.39. The molecule has 1 aliphatic rings. The molecule has 0 aliphatic heterocycles. The summed E-state index contributed by atoms with van der Waals surface area (Å²) < 4.78 is 25.2. The fourth-order valence-corrected chi connectivity index (χ4v) is 1.45. The molecular weight excluding hydrogens is 204 g/mol. The van der Waals surface area contributed by atoms with Crippen LogP contribution < -0.4 is 5.32 Å². The van der Waals surface area contributed by atoms with Crippen LogP contribution in [0.4, 0.5) is 8.78 Å². The van der Waals surface area contributed by atoms with Gasteiger partial charge >= 0.3 is 0 Å². The summed E-state index contributed by atoms with van der Waals surface area (Å²) in [5, 5.41) is 10.5. The lowest BCUT2D eigenvalue weighted by Gasteiger charge is -2.19. The van der Waals surface area contributed by atoms with Crippen LogP contribution in [-0.2, 0) is 4.79 Å². The Kier molecular flexibility index (Phi) is 4.20. The fraction of sp³-hybridized carbons (Fsp3) is 0.700. The molecule has 0 bridgehead atoms. The smallest absolute Gasteiger partial charge is 0.287 e. The normalized spacial score (nSPS) is 21.4. The second kappa shape index (κ2) is 5.21. The molecule has 0 aromatic carbocycles. The third-order valence-corrected chi connectivity index (χ3v) is 2.39. The van der Waals surface area contributed by atoms with E-state index in [4.69, 9.17) is 5.11 Å². The Bertz CT molecular complexity index is 254. The molecule has 1 atom stereocenters. The lowest BCUT2D eigenvalue weighted by atomic mass is 9.94. The van der Waals surface area contributed by atoms with Gasteiger partial charge in [-0.15, -0.1) is 0 Å². The van der Waals surface area contributed by atoms with Gasteiger partial charge in [0.2, 0.25) is 5.91 Å². The number of carbonyl (C=O) groups excluding carboxylic acids is 1. The Hall–Kier alpha value is -0.970. The minimum atomic E-state index is -3.22. The Morgan fingerprint density at radius 2 is 2.27 bits per heavy atom. The number of allylic oxidation sites excluding steroid dienone is 2. The number of aliphatic hydroxyl groups is 1. The number of aliphatic hydroxyl groups excluding tert-OH is 1. The predicted molar refractivity (Wildman–Crippen MR) is 51.5 cm³/mol. The molecule has 0 saturated carbocycles. The Balaban J connectivity index is 2.32. The van der Waals surface area contributed by atoms with Crippen LogP contribution in [0.15, 0.2) is 12.2 Å². The van der Waals surface area contributed by atoms with Crippen molar-refractivity contribution >= 4 is 5.91 Å². The second-order valence-corrected chi connectivity index (χ2v) is 3.71. The van der Waals surface area contributed by atoms with Crippen LogP contribution in [0.3, 0.4) is 0 Å². The van der Waals surface area contributed by atoms with E-state index in [-0.39, 0.29) is 11.8 Å². The van der Waals surface area contributed by atoms with Crippen molar-refractivity contribution in [3.8, 4) is 0 Å². The van der Waals surface area contributed by atoms with Crippen molar-refractivity contribution < 1.29 is 18.7 Å². The van der Waals surface area contributed by atoms with E-state index in [9.17, 15) is 13.6 Å². The van der Waals surface area contributed by atoms with Crippen LogP contribution >= 0.6 is 0 Å². The molecule has 0 aromatic heterocycles. The largest absolute Gasteiger partial charge is 0.390 e. The molecule has 15 heavy (non-hydrogen) atoms. The van der Waals surface area contributed by atoms with Crippen molar-refractivity contribution in [2.75, 3.05) is 13.2 Å². The van der Waals surface area contributed by atoms with Crippen molar-refractivity contribution in [1.29, 1.82) is 0 Å². The lowest BCUT2D eigenvalue weighted by Crippen LogP contribution is -2.41. The molecule has 1 rings (SSSR count). The third kappa shape index (κ3) is 3.95. The molecule has 1 unspecified atom stereocenters. The van der Waals surface area contributed by atoms with Crippen molar-refractivity contribution in [1.82, 2.24) is 5.32 Å². The number of amides is 1.